The molecule has 0 aliphatic rings. The maximum Gasteiger partial charge on any atom is 0.257 e. The largest absolute Gasteiger partial charge is 0.485 e. The number of ether oxygens (including phenoxy) is 1. The second-order valence-corrected chi connectivity index (χ2v) is 7.13. The first-order valence-electron chi connectivity index (χ1n) is 9.85. The number of benzene rings is 3. The lowest BCUT2D eigenvalue weighted by atomic mass is 10.0. The summed E-state index contributed by atoms with van der Waals surface area (Å²) in [5.41, 5.74) is 1.74. The van der Waals surface area contributed by atoms with Gasteiger partial charge in [0.05, 0.1) is 5.56 Å². The fourth-order valence-electron chi connectivity index (χ4n) is 3.42. The van der Waals surface area contributed by atoms with E-state index in [-0.39, 0.29) is 12.5 Å². The Morgan fingerprint density at radius 3 is 2.63 bits per heavy atom. The Kier molecular flexibility index (Phi) is 5.75. The summed E-state index contributed by atoms with van der Waals surface area (Å²) in [6, 6.07) is 21.8. The molecule has 4 rings (SSSR count). The minimum atomic E-state index is -0.0878. The van der Waals surface area contributed by atoms with Crippen LogP contribution in [0.3, 0.4) is 0 Å². The lowest BCUT2D eigenvalue weighted by molar-refractivity contribution is 0.0791. The average Bonchev–Trinajstić information content (AvgIpc) is 3.20. The minimum Gasteiger partial charge on any atom is -0.485 e. The predicted molar refractivity (Wildman–Crippen MR) is 114 cm³/mol. The van der Waals surface area contributed by atoms with E-state index in [1.54, 1.807) is 24.0 Å². The third kappa shape index (κ3) is 4.33. The number of hydrogen-bond donors (Lipinski definition) is 0. The highest BCUT2D eigenvalue weighted by molar-refractivity contribution is 5.96. The van der Waals surface area contributed by atoms with Gasteiger partial charge in [0.25, 0.3) is 5.91 Å². The minimum absolute atomic E-state index is 0.0878. The van der Waals surface area contributed by atoms with Crippen LogP contribution >= 0.6 is 0 Å². The summed E-state index contributed by atoms with van der Waals surface area (Å²) in [6.07, 6.45) is 0.773. The maximum absolute atomic E-state index is 13.1. The van der Waals surface area contributed by atoms with Crippen molar-refractivity contribution in [3.63, 3.8) is 0 Å². The molecule has 1 amide bonds. The molecule has 6 heteroatoms. The summed E-state index contributed by atoms with van der Waals surface area (Å²) in [7, 11) is 1.81. The third-order valence-electron chi connectivity index (χ3n) is 4.99. The highest BCUT2D eigenvalue weighted by Gasteiger charge is 2.17. The van der Waals surface area contributed by atoms with Gasteiger partial charge in [-0.3, -0.25) is 4.79 Å². The molecule has 4 aromatic rings. The number of aryl methyl sites for hydroxylation is 1. The lowest BCUT2D eigenvalue weighted by Crippen LogP contribution is -2.29. The van der Waals surface area contributed by atoms with Crippen molar-refractivity contribution < 1.29 is 14.1 Å². The first-order valence-corrected chi connectivity index (χ1v) is 9.85. The van der Waals surface area contributed by atoms with Crippen LogP contribution in [0.15, 0.2) is 71.3 Å². The summed E-state index contributed by atoms with van der Waals surface area (Å²) in [5.74, 6) is 1.34. The van der Waals surface area contributed by atoms with Crippen LogP contribution in [0.25, 0.3) is 10.8 Å². The van der Waals surface area contributed by atoms with Crippen molar-refractivity contribution in [3.8, 4) is 5.75 Å². The second-order valence-electron chi connectivity index (χ2n) is 7.13. The number of carbonyl (C=O) groups is 1. The van der Waals surface area contributed by atoms with Gasteiger partial charge in [0.15, 0.2) is 6.61 Å². The van der Waals surface area contributed by atoms with E-state index in [0.717, 1.165) is 6.42 Å². The first kappa shape index (κ1) is 19.6. The molecule has 0 saturated heterocycles. The Hall–Kier alpha value is -3.67. The van der Waals surface area contributed by atoms with Gasteiger partial charge in [-0.25, -0.2) is 0 Å². The smallest absolute Gasteiger partial charge is 0.257 e. The van der Waals surface area contributed by atoms with E-state index < -0.39 is 0 Å². The number of hydrogen-bond acceptors (Lipinski definition) is 5. The van der Waals surface area contributed by atoms with Crippen LogP contribution < -0.4 is 4.74 Å². The zero-order valence-electron chi connectivity index (χ0n) is 17.0. The Bertz CT molecular complexity index is 1160. The van der Waals surface area contributed by atoms with Gasteiger partial charge in [-0.2, -0.15) is 4.98 Å². The number of amides is 1. The molecular formula is C24H23N3O3. The monoisotopic (exact) mass is 401 g/mol. The SMILES string of the molecule is Cc1nc(COc2ccccc2C(=O)N(C)CCc2cccc3ccccc23)no1. The molecular weight excluding hydrogens is 378 g/mol. The summed E-state index contributed by atoms with van der Waals surface area (Å²) < 4.78 is 10.8. The number of aromatic nitrogens is 2. The summed E-state index contributed by atoms with van der Waals surface area (Å²) in [6.45, 7) is 2.46. The van der Waals surface area contributed by atoms with Gasteiger partial charge in [-0.05, 0) is 34.9 Å². The van der Waals surface area contributed by atoms with Crippen LogP contribution in [0, 0.1) is 6.92 Å². The highest BCUT2D eigenvalue weighted by Crippen LogP contribution is 2.22. The number of carbonyl (C=O) groups excluding carboxylic acids is 1. The summed E-state index contributed by atoms with van der Waals surface area (Å²) in [5, 5.41) is 6.25. The van der Waals surface area contributed by atoms with Gasteiger partial charge in [0.1, 0.15) is 5.75 Å². The van der Waals surface area contributed by atoms with Crippen molar-refractivity contribution in [1.82, 2.24) is 15.0 Å². The molecule has 0 radical (unpaired) electrons. The van der Waals surface area contributed by atoms with Crippen molar-refractivity contribution in [2.24, 2.45) is 0 Å². The van der Waals surface area contributed by atoms with Crippen molar-refractivity contribution in [2.45, 2.75) is 20.0 Å². The van der Waals surface area contributed by atoms with E-state index in [4.69, 9.17) is 9.26 Å². The molecule has 0 spiro atoms. The molecule has 0 aliphatic carbocycles. The van der Waals surface area contributed by atoms with Crippen LogP contribution in [0.4, 0.5) is 0 Å². The Morgan fingerprint density at radius 1 is 1.03 bits per heavy atom. The molecule has 30 heavy (non-hydrogen) atoms. The van der Waals surface area contributed by atoms with Crippen molar-refractivity contribution in [2.75, 3.05) is 13.6 Å². The molecule has 0 saturated carbocycles. The zero-order chi connectivity index (χ0) is 20.9. The number of fused-ring (bicyclic) bond motifs is 1. The van der Waals surface area contributed by atoms with Gasteiger partial charge >= 0.3 is 0 Å². The molecule has 1 heterocycles. The number of para-hydroxylation sites is 1. The molecule has 1 aromatic heterocycles. The summed E-state index contributed by atoms with van der Waals surface area (Å²) in [4.78, 5) is 18.9. The molecule has 6 nitrogen and oxygen atoms in total. The van der Waals surface area contributed by atoms with E-state index in [9.17, 15) is 4.79 Å². The summed E-state index contributed by atoms with van der Waals surface area (Å²) >= 11 is 0. The fourth-order valence-corrected chi connectivity index (χ4v) is 3.42. The van der Waals surface area contributed by atoms with Crippen molar-refractivity contribution >= 4 is 16.7 Å². The maximum atomic E-state index is 13.1. The van der Waals surface area contributed by atoms with Crippen LogP contribution in [-0.4, -0.2) is 34.5 Å². The molecule has 0 aliphatic heterocycles. The predicted octanol–water partition coefficient (Wildman–Crippen LogP) is 4.42. The van der Waals surface area contributed by atoms with Gasteiger partial charge in [-0.15, -0.1) is 0 Å². The Morgan fingerprint density at radius 2 is 1.80 bits per heavy atom. The van der Waals surface area contributed by atoms with E-state index in [1.807, 2.05) is 31.3 Å². The van der Waals surface area contributed by atoms with Crippen molar-refractivity contribution in [1.29, 1.82) is 0 Å². The van der Waals surface area contributed by atoms with E-state index in [2.05, 4.69) is 40.5 Å². The molecule has 3 aromatic carbocycles. The molecule has 0 bridgehead atoms. The average molecular weight is 401 g/mol. The Labute approximate surface area is 175 Å². The van der Waals surface area contributed by atoms with Crippen LogP contribution in [0.2, 0.25) is 0 Å². The molecule has 0 atom stereocenters. The van der Waals surface area contributed by atoms with E-state index in [0.29, 0.717) is 29.6 Å². The van der Waals surface area contributed by atoms with Crippen molar-refractivity contribution in [3.05, 3.63) is 89.6 Å². The molecule has 0 N–H and O–H groups in total. The molecule has 152 valence electrons. The van der Waals surface area contributed by atoms with E-state index >= 15 is 0 Å². The van der Waals surface area contributed by atoms with Crippen LogP contribution in [0.5, 0.6) is 5.75 Å². The number of likely N-dealkylation sites (N-methyl/N-ethyl adjacent to an activating group) is 1. The second kappa shape index (κ2) is 8.78. The van der Waals surface area contributed by atoms with Gasteiger partial charge in [-0.1, -0.05) is 59.8 Å². The van der Waals surface area contributed by atoms with Gasteiger partial charge in [0.2, 0.25) is 11.7 Å². The van der Waals surface area contributed by atoms with Gasteiger partial charge in [0, 0.05) is 20.5 Å². The topological polar surface area (TPSA) is 68.5 Å². The van der Waals surface area contributed by atoms with Gasteiger partial charge < -0.3 is 14.2 Å². The zero-order valence-corrected chi connectivity index (χ0v) is 17.0. The fraction of sp³-hybridized carbons (Fsp3) is 0.208. The quantitative estimate of drug-likeness (QED) is 0.458. The molecule has 0 unspecified atom stereocenters. The number of rotatable bonds is 7. The normalized spacial score (nSPS) is 10.9. The first-order chi connectivity index (χ1) is 14.6. The third-order valence-corrected chi connectivity index (χ3v) is 4.99. The lowest BCUT2D eigenvalue weighted by Gasteiger charge is -2.19. The number of nitrogens with zero attached hydrogens (tertiary/aromatic N) is 3. The standard InChI is InChI=1S/C24H23N3O3/c1-17-25-23(26-30-17)16-29-22-13-6-5-12-21(22)24(28)27(2)15-14-19-10-7-9-18-8-3-4-11-20(18)19/h3-13H,14-16H2,1-2H3. The molecule has 0 fully saturated rings. The van der Waals surface area contributed by atoms with Crippen LogP contribution in [0.1, 0.15) is 27.6 Å². The van der Waals surface area contributed by atoms with Crippen LogP contribution in [-0.2, 0) is 13.0 Å². The highest BCUT2D eigenvalue weighted by atomic mass is 16.5. The van der Waals surface area contributed by atoms with E-state index in [1.165, 1.54) is 16.3 Å². The Balaban J connectivity index is 1.44.